The van der Waals surface area contributed by atoms with Crippen molar-refractivity contribution in [2.45, 2.75) is 64.5 Å². The summed E-state index contributed by atoms with van der Waals surface area (Å²) in [5.74, 6) is 0. The van der Waals surface area contributed by atoms with E-state index in [0.717, 1.165) is 12.8 Å². The largest absolute Gasteiger partial charge is 0.328 e. The summed E-state index contributed by atoms with van der Waals surface area (Å²) in [6.45, 7) is 6.28. The normalized spacial score (nSPS) is 14.8. The number of hydrogen-bond donors (Lipinski definition) is 2. The summed E-state index contributed by atoms with van der Waals surface area (Å²) in [6, 6.07) is 0.288. The quantitative estimate of drug-likeness (QED) is 0.602. The van der Waals surface area contributed by atoms with E-state index >= 15 is 0 Å². The van der Waals surface area contributed by atoms with E-state index in [1.165, 1.54) is 19.3 Å². The lowest BCUT2D eigenvalue weighted by Gasteiger charge is -2.22. The highest BCUT2D eigenvalue weighted by Gasteiger charge is 2.15. The van der Waals surface area contributed by atoms with Crippen molar-refractivity contribution in [3.63, 3.8) is 0 Å². The van der Waals surface area contributed by atoms with Crippen molar-refractivity contribution in [1.82, 2.24) is 0 Å². The fraction of sp³-hybridized carbons (Fsp3) is 1.00. The van der Waals surface area contributed by atoms with Gasteiger partial charge in [-0.05, 0) is 26.7 Å². The molecule has 0 aliphatic carbocycles. The highest BCUT2D eigenvalue weighted by Crippen LogP contribution is 2.11. The molecule has 0 amide bonds. The first-order chi connectivity index (χ1) is 5.45. The van der Waals surface area contributed by atoms with Crippen molar-refractivity contribution in [1.29, 1.82) is 0 Å². The van der Waals surface area contributed by atoms with Gasteiger partial charge in [-0.2, -0.15) is 0 Å². The molecule has 0 saturated carbocycles. The third-order valence-corrected chi connectivity index (χ3v) is 1.97. The summed E-state index contributed by atoms with van der Waals surface area (Å²) >= 11 is 0. The molecule has 0 aliphatic rings. The van der Waals surface area contributed by atoms with Gasteiger partial charge in [-0.25, -0.2) is 0 Å². The second-order valence-electron chi connectivity index (χ2n) is 4.45. The maximum Gasteiger partial charge on any atom is 0.0112 e. The molecular weight excluding hydrogens is 148 g/mol. The van der Waals surface area contributed by atoms with E-state index in [0.29, 0.717) is 0 Å². The zero-order valence-electron chi connectivity index (χ0n) is 8.77. The molecule has 0 saturated heterocycles. The van der Waals surface area contributed by atoms with Gasteiger partial charge in [-0.1, -0.05) is 26.2 Å². The molecule has 12 heavy (non-hydrogen) atoms. The topological polar surface area (TPSA) is 52.0 Å². The third kappa shape index (κ3) is 8.02. The van der Waals surface area contributed by atoms with Gasteiger partial charge < -0.3 is 11.5 Å². The van der Waals surface area contributed by atoms with Gasteiger partial charge in [0, 0.05) is 11.6 Å². The predicted molar refractivity (Wildman–Crippen MR) is 55.0 cm³/mol. The maximum atomic E-state index is 5.92. The van der Waals surface area contributed by atoms with Crippen LogP contribution in [0.4, 0.5) is 0 Å². The van der Waals surface area contributed by atoms with Crippen LogP contribution < -0.4 is 11.5 Å². The van der Waals surface area contributed by atoms with Crippen LogP contribution in [0.3, 0.4) is 0 Å². The van der Waals surface area contributed by atoms with Gasteiger partial charge >= 0.3 is 0 Å². The Labute approximate surface area is 76.7 Å². The van der Waals surface area contributed by atoms with E-state index < -0.39 is 0 Å². The van der Waals surface area contributed by atoms with Crippen molar-refractivity contribution in [3.8, 4) is 0 Å². The van der Waals surface area contributed by atoms with E-state index in [2.05, 4.69) is 6.92 Å². The minimum Gasteiger partial charge on any atom is -0.328 e. The standard InChI is InChI=1S/C10H24N2/c1-4-5-6-7-9(11)8-10(2,3)12/h9H,4-8,11-12H2,1-3H3. The molecule has 0 aromatic rings. The molecule has 0 spiro atoms. The average molecular weight is 172 g/mol. The van der Waals surface area contributed by atoms with Crippen molar-refractivity contribution < 1.29 is 0 Å². The second-order valence-corrected chi connectivity index (χ2v) is 4.45. The summed E-state index contributed by atoms with van der Waals surface area (Å²) in [7, 11) is 0. The molecule has 0 rings (SSSR count). The molecule has 4 N–H and O–H groups in total. The molecule has 0 heterocycles. The number of nitrogens with two attached hydrogens (primary N) is 2. The van der Waals surface area contributed by atoms with Crippen molar-refractivity contribution in [2.24, 2.45) is 11.5 Å². The number of rotatable bonds is 6. The highest BCUT2D eigenvalue weighted by molar-refractivity contribution is 4.78. The summed E-state index contributed by atoms with van der Waals surface area (Å²) < 4.78 is 0. The lowest BCUT2D eigenvalue weighted by Crippen LogP contribution is -2.39. The van der Waals surface area contributed by atoms with Crippen LogP contribution in [0.15, 0.2) is 0 Å². The molecular formula is C10H24N2. The third-order valence-electron chi connectivity index (χ3n) is 1.97. The smallest absolute Gasteiger partial charge is 0.0112 e. The Morgan fingerprint density at radius 3 is 2.25 bits per heavy atom. The van der Waals surface area contributed by atoms with Crippen LogP contribution in [-0.2, 0) is 0 Å². The SMILES string of the molecule is CCCCCC(N)CC(C)(C)N. The van der Waals surface area contributed by atoms with Gasteiger partial charge in [0.2, 0.25) is 0 Å². The summed E-state index contributed by atoms with van der Waals surface area (Å²) in [6.07, 6.45) is 5.84. The fourth-order valence-electron chi connectivity index (χ4n) is 1.43. The number of hydrogen-bond acceptors (Lipinski definition) is 2. The minimum absolute atomic E-state index is 0.106. The molecule has 0 aromatic heterocycles. The van der Waals surface area contributed by atoms with Crippen LogP contribution in [0.25, 0.3) is 0 Å². The molecule has 0 aliphatic heterocycles. The van der Waals surface area contributed by atoms with Gasteiger partial charge in [0.1, 0.15) is 0 Å². The van der Waals surface area contributed by atoms with E-state index in [1.807, 2.05) is 13.8 Å². The van der Waals surface area contributed by atoms with Crippen LogP contribution in [0.5, 0.6) is 0 Å². The van der Waals surface area contributed by atoms with Gasteiger partial charge in [-0.3, -0.25) is 0 Å². The zero-order chi connectivity index (χ0) is 9.61. The maximum absolute atomic E-state index is 5.92. The fourth-order valence-corrected chi connectivity index (χ4v) is 1.43. The highest BCUT2D eigenvalue weighted by atomic mass is 14.7. The summed E-state index contributed by atoms with van der Waals surface area (Å²) in [5.41, 5.74) is 11.7. The predicted octanol–water partition coefficient (Wildman–Crippen LogP) is 2.02. The first-order valence-electron chi connectivity index (χ1n) is 5.00. The van der Waals surface area contributed by atoms with Crippen molar-refractivity contribution in [3.05, 3.63) is 0 Å². The monoisotopic (exact) mass is 172 g/mol. The van der Waals surface area contributed by atoms with Gasteiger partial charge in [0.05, 0.1) is 0 Å². The molecule has 2 nitrogen and oxygen atoms in total. The van der Waals surface area contributed by atoms with Crippen molar-refractivity contribution >= 4 is 0 Å². The first kappa shape index (κ1) is 11.9. The van der Waals surface area contributed by atoms with Gasteiger partial charge in [0.15, 0.2) is 0 Å². The van der Waals surface area contributed by atoms with Crippen LogP contribution in [0.1, 0.15) is 52.9 Å². The van der Waals surface area contributed by atoms with E-state index in [9.17, 15) is 0 Å². The second kappa shape index (κ2) is 5.55. The Hall–Kier alpha value is -0.0800. The lowest BCUT2D eigenvalue weighted by atomic mass is 9.94. The number of unbranched alkanes of at least 4 members (excludes halogenated alkanes) is 2. The molecule has 1 unspecified atom stereocenters. The van der Waals surface area contributed by atoms with Crippen LogP contribution >= 0.6 is 0 Å². The Kier molecular flexibility index (Phi) is 5.51. The van der Waals surface area contributed by atoms with Crippen LogP contribution in [0.2, 0.25) is 0 Å². The molecule has 0 fully saturated rings. The summed E-state index contributed by atoms with van der Waals surface area (Å²) in [4.78, 5) is 0. The molecule has 74 valence electrons. The Balaban J connectivity index is 3.40. The molecule has 0 aromatic carbocycles. The Morgan fingerprint density at radius 2 is 1.83 bits per heavy atom. The molecule has 2 heteroatoms. The molecule has 0 radical (unpaired) electrons. The Bertz CT molecular complexity index is 105. The minimum atomic E-state index is -0.106. The zero-order valence-corrected chi connectivity index (χ0v) is 8.77. The lowest BCUT2D eigenvalue weighted by molar-refractivity contribution is 0.400. The van der Waals surface area contributed by atoms with E-state index in [1.54, 1.807) is 0 Å². The van der Waals surface area contributed by atoms with E-state index in [-0.39, 0.29) is 11.6 Å². The Morgan fingerprint density at radius 1 is 1.25 bits per heavy atom. The van der Waals surface area contributed by atoms with Crippen LogP contribution in [0, 0.1) is 0 Å². The average Bonchev–Trinajstić information content (AvgIpc) is 1.84. The van der Waals surface area contributed by atoms with Gasteiger partial charge in [-0.15, -0.1) is 0 Å². The molecule has 0 bridgehead atoms. The van der Waals surface area contributed by atoms with Crippen LogP contribution in [-0.4, -0.2) is 11.6 Å². The molecule has 1 atom stereocenters. The van der Waals surface area contributed by atoms with Gasteiger partial charge in [0.25, 0.3) is 0 Å². The first-order valence-corrected chi connectivity index (χ1v) is 5.00. The van der Waals surface area contributed by atoms with Crippen molar-refractivity contribution in [2.75, 3.05) is 0 Å². The summed E-state index contributed by atoms with van der Waals surface area (Å²) in [5, 5.41) is 0. The van der Waals surface area contributed by atoms with E-state index in [4.69, 9.17) is 11.5 Å².